The molecule has 2 heterocycles. The van der Waals surface area contributed by atoms with Crippen molar-refractivity contribution in [3.05, 3.63) is 66.5 Å². The maximum absolute atomic E-state index is 12.6. The van der Waals surface area contributed by atoms with Gasteiger partial charge >= 0.3 is 6.36 Å². The summed E-state index contributed by atoms with van der Waals surface area (Å²) in [6.45, 7) is 1.25. The fourth-order valence-electron chi connectivity index (χ4n) is 3.38. The number of amides is 1. The van der Waals surface area contributed by atoms with Gasteiger partial charge in [-0.2, -0.15) is 0 Å². The number of fused-ring (bicyclic) bond motifs is 1. The lowest BCUT2D eigenvalue weighted by molar-refractivity contribution is -0.274. The molecule has 172 valence electrons. The second-order valence-corrected chi connectivity index (χ2v) is 7.24. The van der Waals surface area contributed by atoms with Crippen molar-refractivity contribution in [2.75, 3.05) is 26.3 Å². The summed E-state index contributed by atoms with van der Waals surface area (Å²) in [4.78, 5) is 22.6. The summed E-state index contributed by atoms with van der Waals surface area (Å²) < 4.78 is 52.6. The van der Waals surface area contributed by atoms with Gasteiger partial charge in [0.15, 0.2) is 0 Å². The Bertz CT molecular complexity index is 1150. The molecule has 3 aromatic rings. The average molecular weight is 459 g/mol. The summed E-state index contributed by atoms with van der Waals surface area (Å²) in [5.74, 6) is -0.190. The number of carbonyl (C=O) groups is 1. The minimum absolute atomic E-state index is 0.200. The molecule has 0 radical (unpaired) electrons. The van der Waals surface area contributed by atoms with Gasteiger partial charge in [-0.3, -0.25) is 4.79 Å². The van der Waals surface area contributed by atoms with Crippen molar-refractivity contribution in [3.8, 4) is 11.6 Å². The van der Waals surface area contributed by atoms with E-state index in [-0.39, 0.29) is 24.4 Å². The Morgan fingerprint density at radius 3 is 2.88 bits per heavy atom. The van der Waals surface area contributed by atoms with Crippen LogP contribution in [0.25, 0.3) is 17.0 Å². The Kier molecular flexibility index (Phi) is 6.74. The van der Waals surface area contributed by atoms with E-state index in [1.165, 1.54) is 36.7 Å². The quantitative estimate of drug-likeness (QED) is 0.522. The molecular formula is C23H20F3N3O4. The van der Waals surface area contributed by atoms with Crippen LogP contribution in [0.3, 0.4) is 0 Å². The molecule has 0 spiro atoms. The van der Waals surface area contributed by atoms with Crippen molar-refractivity contribution in [2.45, 2.75) is 12.5 Å². The normalized spacial score (nSPS) is 16.8. The first kappa shape index (κ1) is 22.5. The van der Waals surface area contributed by atoms with Crippen LogP contribution < -0.4 is 9.47 Å². The van der Waals surface area contributed by atoms with Crippen LogP contribution in [0.15, 0.2) is 60.9 Å². The molecule has 4 rings (SSSR count). The highest BCUT2D eigenvalue weighted by Crippen LogP contribution is 2.24. The molecule has 7 nitrogen and oxygen atoms in total. The highest BCUT2D eigenvalue weighted by atomic mass is 19.4. The Hall–Kier alpha value is -3.66. The molecule has 33 heavy (non-hydrogen) atoms. The predicted octanol–water partition coefficient (Wildman–Crippen LogP) is 3.85. The number of rotatable bonds is 6. The minimum Gasteiger partial charge on any atom is -0.474 e. The number of ether oxygens (including phenoxy) is 3. The Balaban J connectivity index is 1.34. The molecule has 1 fully saturated rings. The molecule has 0 N–H and O–H groups in total. The van der Waals surface area contributed by atoms with E-state index in [4.69, 9.17) is 9.47 Å². The molecule has 1 unspecified atom stereocenters. The predicted molar refractivity (Wildman–Crippen MR) is 114 cm³/mol. The molecule has 10 heteroatoms. The van der Waals surface area contributed by atoms with Gasteiger partial charge in [0, 0.05) is 12.6 Å². The molecule has 1 aliphatic rings. The second-order valence-electron chi connectivity index (χ2n) is 7.24. The van der Waals surface area contributed by atoms with Gasteiger partial charge < -0.3 is 19.1 Å². The van der Waals surface area contributed by atoms with Crippen LogP contribution in [0.5, 0.6) is 11.6 Å². The van der Waals surface area contributed by atoms with Crippen LogP contribution >= 0.6 is 0 Å². The van der Waals surface area contributed by atoms with Crippen LogP contribution in [-0.4, -0.2) is 59.5 Å². The number of nitrogens with zero attached hydrogens (tertiary/aromatic N) is 3. The maximum atomic E-state index is 12.6. The van der Waals surface area contributed by atoms with Crippen molar-refractivity contribution in [1.29, 1.82) is 0 Å². The number of halogens is 3. The van der Waals surface area contributed by atoms with Crippen LogP contribution in [0.4, 0.5) is 13.2 Å². The number of carbonyl (C=O) groups excluding carboxylic acids is 1. The smallest absolute Gasteiger partial charge is 0.474 e. The third-order valence-electron chi connectivity index (χ3n) is 4.87. The zero-order valence-corrected chi connectivity index (χ0v) is 17.4. The van der Waals surface area contributed by atoms with E-state index in [2.05, 4.69) is 14.7 Å². The third-order valence-corrected chi connectivity index (χ3v) is 4.87. The van der Waals surface area contributed by atoms with E-state index in [1.54, 1.807) is 11.0 Å². The van der Waals surface area contributed by atoms with Gasteiger partial charge in [0.1, 0.15) is 24.8 Å². The lowest BCUT2D eigenvalue weighted by Crippen LogP contribution is -2.47. The van der Waals surface area contributed by atoms with Crippen molar-refractivity contribution >= 4 is 22.9 Å². The fraction of sp³-hybridized carbons (Fsp3) is 0.261. The van der Waals surface area contributed by atoms with E-state index in [9.17, 15) is 18.0 Å². The molecule has 1 aliphatic heterocycles. The summed E-state index contributed by atoms with van der Waals surface area (Å²) in [7, 11) is 0. The maximum Gasteiger partial charge on any atom is 0.573 e. The molecular weight excluding hydrogens is 439 g/mol. The Morgan fingerprint density at radius 2 is 2.03 bits per heavy atom. The largest absolute Gasteiger partial charge is 0.573 e. The third kappa shape index (κ3) is 6.19. The monoisotopic (exact) mass is 459 g/mol. The van der Waals surface area contributed by atoms with Crippen LogP contribution in [0, 0.1) is 0 Å². The molecule has 2 aromatic carbocycles. The highest BCUT2D eigenvalue weighted by molar-refractivity contribution is 5.92. The highest BCUT2D eigenvalue weighted by Gasteiger charge is 2.31. The zero-order valence-electron chi connectivity index (χ0n) is 17.4. The van der Waals surface area contributed by atoms with E-state index in [0.29, 0.717) is 31.1 Å². The average Bonchev–Trinajstić information content (AvgIpc) is 2.80. The lowest BCUT2D eigenvalue weighted by Gasteiger charge is -2.32. The summed E-state index contributed by atoms with van der Waals surface area (Å²) in [5, 5.41) is 0.781. The summed E-state index contributed by atoms with van der Waals surface area (Å²) >= 11 is 0. The number of alkyl halides is 3. The Morgan fingerprint density at radius 1 is 1.18 bits per heavy atom. The van der Waals surface area contributed by atoms with Crippen molar-refractivity contribution in [1.82, 2.24) is 14.9 Å². The van der Waals surface area contributed by atoms with E-state index >= 15 is 0 Å². The van der Waals surface area contributed by atoms with Crippen molar-refractivity contribution in [2.24, 2.45) is 0 Å². The van der Waals surface area contributed by atoms with Gasteiger partial charge in [0.25, 0.3) is 0 Å². The molecule has 0 bridgehead atoms. The van der Waals surface area contributed by atoms with Crippen LogP contribution in [0.2, 0.25) is 0 Å². The van der Waals surface area contributed by atoms with Crippen LogP contribution in [0.1, 0.15) is 5.56 Å². The number of aromatic nitrogens is 2. The van der Waals surface area contributed by atoms with Gasteiger partial charge in [-0.1, -0.05) is 24.3 Å². The topological polar surface area (TPSA) is 73.8 Å². The van der Waals surface area contributed by atoms with Gasteiger partial charge in [-0.05, 0) is 35.9 Å². The van der Waals surface area contributed by atoms with Crippen LogP contribution in [-0.2, 0) is 9.53 Å². The second kappa shape index (κ2) is 9.86. The fourth-order valence-corrected chi connectivity index (χ4v) is 3.38. The first-order valence-corrected chi connectivity index (χ1v) is 10.1. The molecule has 0 aliphatic carbocycles. The van der Waals surface area contributed by atoms with E-state index in [1.807, 2.05) is 24.3 Å². The number of hydrogen-bond acceptors (Lipinski definition) is 6. The van der Waals surface area contributed by atoms with E-state index < -0.39 is 6.36 Å². The van der Waals surface area contributed by atoms with Gasteiger partial charge in [-0.25, -0.2) is 9.97 Å². The number of para-hydroxylation sites is 1. The molecule has 1 aromatic heterocycles. The van der Waals surface area contributed by atoms with Crippen molar-refractivity contribution in [3.63, 3.8) is 0 Å². The van der Waals surface area contributed by atoms with Gasteiger partial charge in [0.2, 0.25) is 11.8 Å². The van der Waals surface area contributed by atoms with E-state index in [0.717, 1.165) is 10.9 Å². The minimum atomic E-state index is -4.78. The first-order valence-electron chi connectivity index (χ1n) is 10.1. The molecule has 0 saturated carbocycles. The van der Waals surface area contributed by atoms with Crippen molar-refractivity contribution < 1.29 is 32.2 Å². The number of benzene rings is 2. The number of hydrogen-bond donors (Lipinski definition) is 0. The standard InChI is InChI=1S/C23H20F3N3O4/c24-23(25,26)33-17-5-3-4-16(12-17)8-9-21(30)29-10-11-31-18(13-29)14-32-22-19-6-1-2-7-20(19)27-15-28-22/h1-9,12,15,18H,10-11,13-14H2. The molecule has 1 amide bonds. The summed E-state index contributed by atoms with van der Waals surface area (Å²) in [6, 6.07) is 12.9. The molecule has 1 saturated heterocycles. The van der Waals surface area contributed by atoms with Gasteiger partial charge in [0.05, 0.1) is 24.1 Å². The number of morpholine rings is 1. The SMILES string of the molecule is O=C(C=Cc1cccc(OC(F)(F)F)c1)N1CCOC(COc2ncnc3ccccc23)C1. The zero-order chi connectivity index (χ0) is 23.3. The first-order chi connectivity index (χ1) is 15.9. The van der Waals surface area contributed by atoms with Gasteiger partial charge in [-0.15, -0.1) is 13.2 Å². The lowest BCUT2D eigenvalue weighted by atomic mass is 10.2. The summed E-state index contributed by atoms with van der Waals surface area (Å²) in [5.41, 5.74) is 1.17. The summed E-state index contributed by atoms with van der Waals surface area (Å²) in [6.07, 6.45) is -0.947. The Labute approximate surface area is 187 Å². The molecule has 1 atom stereocenters.